The molecule has 0 aromatic heterocycles. The van der Waals surface area contributed by atoms with E-state index in [9.17, 15) is 44.1 Å². The average molecular weight is 510 g/mol. The van der Waals surface area contributed by atoms with E-state index >= 15 is 0 Å². The van der Waals surface area contributed by atoms with Gasteiger partial charge in [-0.05, 0) is 12.8 Å². The Morgan fingerprint density at radius 3 is 1.12 bits per heavy atom. The van der Waals surface area contributed by atoms with Crippen LogP contribution < -0.4 is 0 Å². The molecule has 0 spiro atoms. The average Bonchev–Trinajstić information content (AvgIpc) is 2.62. The lowest BCUT2D eigenvalue weighted by atomic mass is 9.97. The molecule has 32 heavy (non-hydrogen) atoms. The topological polar surface area (TPSA) is 57.5 Å². The molecule has 0 heterocycles. The van der Waals surface area contributed by atoms with Crippen molar-refractivity contribution < 1.29 is 53.9 Å². The minimum absolute atomic E-state index is 0.0257. The molecule has 0 saturated heterocycles. The van der Waals surface area contributed by atoms with Crippen LogP contribution in [0.15, 0.2) is 0 Å². The second-order valence-electron chi connectivity index (χ2n) is 8.09. The van der Waals surface area contributed by atoms with Crippen molar-refractivity contribution in [3.8, 4) is 0 Å². The molecule has 0 aliphatic rings. The summed E-state index contributed by atoms with van der Waals surface area (Å²) in [4.78, 5) is 17.4. The van der Waals surface area contributed by atoms with E-state index in [1.807, 2.05) is 0 Å². The molecule has 0 rings (SSSR count). The molecule has 0 fully saturated rings. The molecular weight excluding hydrogens is 478 g/mol. The Bertz CT molecular complexity index is 563. The zero-order valence-corrected chi connectivity index (χ0v) is 18.7. The first-order chi connectivity index (χ1) is 14.5. The van der Waals surface area contributed by atoms with Gasteiger partial charge in [0.1, 0.15) is 0 Å². The highest BCUT2D eigenvalue weighted by molar-refractivity contribution is 7.51. The minimum atomic E-state index is -6.81. The molecule has 0 aromatic rings. The monoisotopic (exact) mass is 510 g/mol. The van der Waals surface area contributed by atoms with Gasteiger partial charge in [0.05, 0.1) is 0 Å². The van der Waals surface area contributed by atoms with Gasteiger partial charge in [-0.3, -0.25) is 4.57 Å². The van der Waals surface area contributed by atoms with Crippen LogP contribution in [-0.2, 0) is 4.57 Å². The van der Waals surface area contributed by atoms with E-state index in [0.29, 0.717) is 19.3 Å². The van der Waals surface area contributed by atoms with Crippen molar-refractivity contribution in [1.82, 2.24) is 0 Å². The molecule has 0 aromatic carbocycles. The van der Waals surface area contributed by atoms with Gasteiger partial charge in [0.25, 0.3) is 0 Å². The first-order valence-electron chi connectivity index (χ1n) is 10.7. The summed E-state index contributed by atoms with van der Waals surface area (Å²) in [5.41, 5.74) is 0. The second kappa shape index (κ2) is 13.4. The molecule has 0 amide bonds. The van der Waals surface area contributed by atoms with Gasteiger partial charge >= 0.3 is 31.5 Å². The first-order valence-corrected chi connectivity index (χ1v) is 12.5. The summed E-state index contributed by atoms with van der Waals surface area (Å²) in [5, 5.41) is 0. The number of hydrogen-bond donors (Lipinski definition) is 2. The molecule has 13 heteroatoms. The summed E-state index contributed by atoms with van der Waals surface area (Å²) in [5.74, 6) is -18.8. The normalized spacial score (nSPS) is 14.2. The molecule has 0 unspecified atom stereocenters. The molecule has 2 N–H and O–H groups in total. The standard InChI is InChI=1S/C19H32F9O3P/c20-16(21,17(22,23)18(24,25)19(26,27)28)14-12-10-8-6-4-2-1-3-5-7-9-11-13-15-32(29,30)31/h1-15H2,(H2,29,30,31). The van der Waals surface area contributed by atoms with Crippen LogP contribution >= 0.6 is 7.60 Å². The van der Waals surface area contributed by atoms with Crippen LogP contribution in [0.3, 0.4) is 0 Å². The van der Waals surface area contributed by atoms with Gasteiger partial charge in [-0.25, -0.2) is 0 Å². The summed E-state index contributed by atoms with van der Waals surface area (Å²) in [6.07, 6.45) is -0.608. The van der Waals surface area contributed by atoms with Crippen LogP contribution in [0.25, 0.3) is 0 Å². The predicted octanol–water partition coefficient (Wildman–Crippen LogP) is 8.09. The number of unbranched alkanes of at least 4 members (excludes halogenated alkanes) is 12. The van der Waals surface area contributed by atoms with Crippen molar-refractivity contribution in [1.29, 1.82) is 0 Å². The van der Waals surface area contributed by atoms with Crippen molar-refractivity contribution in [3.63, 3.8) is 0 Å². The Morgan fingerprint density at radius 2 is 0.812 bits per heavy atom. The molecule has 0 aliphatic carbocycles. The Morgan fingerprint density at radius 1 is 0.500 bits per heavy atom. The Balaban J connectivity index is 3.81. The Hall–Kier alpha value is -0.480. The fourth-order valence-electron chi connectivity index (χ4n) is 3.17. The number of alkyl halides is 9. The zero-order valence-electron chi connectivity index (χ0n) is 17.8. The molecule has 0 radical (unpaired) electrons. The van der Waals surface area contributed by atoms with E-state index in [1.54, 1.807) is 0 Å². The predicted molar refractivity (Wildman–Crippen MR) is 102 cm³/mol. The maximum absolute atomic E-state index is 13.4. The van der Waals surface area contributed by atoms with Gasteiger partial charge in [0.15, 0.2) is 0 Å². The minimum Gasteiger partial charge on any atom is -0.324 e. The number of halogens is 9. The lowest BCUT2D eigenvalue weighted by Gasteiger charge is -2.33. The Labute approximate surface area is 182 Å². The zero-order chi connectivity index (χ0) is 25.1. The van der Waals surface area contributed by atoms with Gasteiger partial charge < -0.3 is 9.79 Å². The third-order valence-corrected chi connectivity index (χ3v) is 6.05. The van der Waals surface area contributed by atoms with Gasteiger partial charge in [0.2, 0.25) is 0 Å². The van der Waals surface area contributed by atoms with Gasteiger partial charge in [0, 0.05) is 12.6 Å². The van der Waals surface area contributed by atoms with Crippen molar-refractivity contribution >= 4 is 7.60 Å². The highest BCUT2D eigenvalue weighted by Crippen LogP contribution is 2.54. The van der Waals surface area contributed by atoms with Crippen LogP contribution in [0.4, 0.5) is 39.5 Å². The first kappa shape index (κ1) is 31.5. The smallest absolute Gasteiger partial charge is 0.324 e. The van der Waals surface area contributed by atoms with E-state index in [-0.39, 0.29) is 12.6 Å². The number of hydrogen-bond acceptors (Lipinski definition) is 1. The SMILES string of the molecule is O=P(O)(O)CCCCCCCCCCCCCCCC(F)(F)C(F)(F)C(F)(F)C(F)(F)F. The van der Waals surface area contributed by atoms with E-state index in [4.69, 9.17) is 9.79 Å². The van der Waals surface area contributed by atoms with E-state index < -0.39 is 44.4 Å². The van der Waals surface area contributed by atoms with Gasteiger partial charge in [-0.1, -0.05) is 70.6 Å². The van der Waals surface area contributed by atoms with Crippen LogP contribution in [0.1, 0.15) is 89.9 Å². The second-order valence-corrected chi connectivity index (χ2v) is 9.86. The van der Waals surface area contributed by atoms with Gasteiger partial charge in [-0.2, -0.15) is 39.5 Å². The Kier molecular flexibility index (Phi) is 13.2. The molecule has 3 nitrogen and oxygen atoms in total. The van der Waals surface area contributed by atoms with E-state index in [2.05, 4.69) is 0 Å². The molecule has 0 bridgehead atoms. The van der Waals surface area contributed by atoms with E-state index in [1.165, 1.54) is 0 Å². The molecule has 0 atom stereocenters. The summed E-state index contributed by atoms with van der Waals surface area (Å²) in [6.45, 7) is 0. The van der Waals surface area contributed by atoms with Crippen molar-refractivity contribution in [2.45, 2.75) is 114 Å². The lowest BCUT2D eigenvalue weighted by molar-refractivity contribution is -0.396. The molecule has 0 saturated carbocycles. The molecular formula is C19H32F9O3P. The fourth-order valence-corrected chi connectivity index (χ4v) is 3.81. The number of rotatable bonds is 18. The van der Waals surface area contributed by atoms with Crippen LogP contribution in [-0.4, -0.2) is 39.9 Å². The molecule has 194 valence electrons. The van der Waals surface area contributed by atoms with E-state index in [0.717, 1.165) is 51.4 Å². The summed E-state index contributed by atoms with van der Waals surface area (Å²) >= 11 is 0. The highest BCUT2D eigenvalue weighted by Gasteiger charge is 2.81. The van der Waals surface area contributed by atoms with Crippen LogP contribution in [0, 0.1) is 0 Å². The molecule has 0 aliphatic heterocycles. The third kappa shape index (κ3) is 11.1. The fraction of sp³-hybridized carbons (Fsp3) is 1.00. The summed E-state index contributed by atoms with van der Waals surface area (Å²) in [7, 11) is -3.92. The lowest BCUT2D eigenvalue weighted by Crippen LogP contribution is -2.60. The maximum Gasteiger partial charge on any atom is 0.460 e. The highest BCUT2D eigenvalue weighted by atomic mass is 31.2. The van der Waals surface area contributed by atoms with Crippen molar-refractivity contribution in [2.75, 3.05) is 6.16 Å². The third-order valence-electron chi connectivity index (χ3n) is 5.15. The van der Waals surface area contributed by atoms with Crippen LogP contribution in [0.2, 0.25) is 0 Å². The quantitative estimate of drug-likeness (QED) is 0.111. The van der Waals surface area contributed by atoms with Crippen LogP contribution in [0.5, 0.6) is 0 Å². The summed E-state index contributed by atoms with van der Waals surface area (Å²) < 4.78 is 125. The van der Waals surface area contributed by atoms with Crippen molar-refractivity contribution in [2.24, 2.45) is 0 Å². The van der Waals surface area contributed by atoms with Gasteiger partial charge in [-0.15, -0.1) is 0 Å². The van der Waals surface area contributed by atoms with Crippen molar-refractivity contribution in [3.05, 3.63) is 0 Å². The summed E-state index contributed by atoms with van der Waals surface area (Å²) in [6, 6.07) is 0. The maximum atomic E-state index is 13.4. The largest absolute Gasteiger partial charge is 0.460 e.